The number of hydrogen-bond donors (Lipinski definition) is 1. The van der Waals surface area contributed by atoms with Gasteiger partial charge in [0.1, 0.15) is 0 Å². The van der Waals surface area contributed by atoms with Crippen LogP contribution >= 0.6 is 8.30 Å². The number of allylic oxidation sites excluding steroid dienone is 2. The molecular formula is C10H22NOPSi. The molecule has 82 valence electrons. The number of rotatable bonds is 4. The molecule has 0 bridgehead atoms. The van der Waals surface area contributed by atoms with Gasteiger partial charge in [0.2, 0.25) is 0 Å². The Balaban J connectivity index is 4.36. The summed E-state index contributed by atoms with van der Waals surface area (Å²) in [5.74, 6) is 1.71. The van der Waals surface area contributed by atoms with Gasteiger partial charge < -0.3 is 4.89 Å². The lowest BCUT2D eigenvalue weighted by molar-refractivity contribution is -0.158. The summed E-state index contributed by atoms with van der Waals surface area (Å²) in [6.07, 6.45) is 3.39. The summed E-state index contributed by atoms with van der Waals surface area (Å²) in [6, 6.07) is 0. The molecule has 0 saturated carbocycles. The van der Waals surface area contributed by atoms with Crippen LogP contribution in [0, 0.1) is 0 Å². The second kappa shape index (κ2) is 5.22. The molecule has 0 aromatic rings. The van der Waals surface area contributed by atoms with E-state index in [0.29, 0.717) is 0 Å². The molecule has 1 atom stereocenters. The van der Waals surface area contributed by atoms with Crippen molar-refractivity contribution in [3.63, 3.8) is 0 Å². The van der Waals surface area contributed by atoms with Gasteiger partial charge in [-0.15, -0.1) is 0 Å². The van der Waals surface area contributed by atoms with Crippen LogP contribution in [0.4, 0.5) is 0 Å². The van der Waals surface area contributed by atoms with Crippen LogP contribution in [0.5, 0.6) is 0 Å². The zero-order chi connectivity index (χ0) is 11.4. The molecule has 0 fully saturated rings. The molecule has 0 aliphatic rings. The van der Waals surface area contributed by atoms with E-state index in [-0.39, 0.29) is 5.04 Å². The van der Waals surface area contributed by atoms with Crippen molar-refractivity contribution < 1.29 is 4.89 Å². The van der Waals surface area contributed by atoms with E-state index in [1.165, 1.54) is 0 Å². The van der Waals surface area contributed by atoms with Crippen LogP contribution in [-0.2, 0) is 0 Å². The van der Waals surface area contributed by atoms with Crippen molar-refractivity contribution in [2.75, 3.05) is 0 Å². The standard InChI is InChI=1S/C10H22NOPSi/c1-7-8-9-13(12)11-14(5,6)10(2,3)4/h7-9,11,13H,1H2,2-6H3/b9-8+. The molecule has 1 unspecified atom stereocenters. The van der Waals surface area contributed by atoms with Crippen LogP contribution in [0.25, 0.3) is 0 Å². The Morgan fingerprint density at radius 3 is 2.21 bits per heavy atom. The molecule has 0 spiro atoms. The van der Waals surface area contributed by atoms with Gasteiger partial charge in [-0.25, -0.2) is 4.75 Å². The Morgan fingerprint density at radius 2 is 1.86 bits per heavy atom. The second-order valence-corrected chi connectivity index (χ2v) is 11.8. The van der Waals surface area contributed by atoms with E-state index in [2.05, 4.69) is 45.2 Å². The summed E-state index contributed by atoms with van der Waals surface area (Å²) in [7, 11) is -3.40. The first-order valence-corrected chi connectivity index (χ1v) is 9.30. The molecule has 2 nitrogen and oxygen atoms in total. The number of nitrogens with one attached hydrogen (secondary N) is 1. The summed E-state index contributed by atoms with van der Waals surface area (Å²) < 4.78 is 3.28. The van der Waals surface area contributed by atoms with Gasteiger partial charge in [-0.05, 0) is 11.1 Å². The van der Waals surface area contributed by atoms with E-state index in [0.717, 1.165) is 0 Å². The van der Waals surface area contributed by atoms with Crippen molar-refractivity contribution in [2.24, 2.45) is 0 Å². The van der Waals surface area contributed by atoms with Gasteiger partial charge in [-0.1, -0.05) is 46.5 Å². The molecule has 0 aliphatic heterocycles. The van der Waals surface area contributed by atoms with Crippen molar-refractivity contribution in [2.45, 2.75) is 38.9 Å². The predicted molar refractivity (Wildman–Crippen MR) is 68.0 cm³/mol. The first-order chi connectivity index (χ1) is 6.20. The fourth-order valence-electron chi connectivity index (χ4n) is 0.693. The van der Waals surface area contributed by atoms with Crippen LogP contribution < -0.4 is 9.65 Å². The lowest BCUT2D eigenvalue weighted by Gasteiger charge is -2.37. The van der Waals surface area contributed by atoms with Crippen molar-refractivity contribution >= 4 is 16.5 Å². The van der Waals surface area contributed by atoms with Crippen LogP contribution in [0.3, 0.4) is 0 Å². The van der Waals surface area contributed by atoms with Gasteiger partial charge in [-0.2, -0.15) is 0 Å². The maximum atomic E-state index is 11.6. The van der Waals surface area contributed by atoms with Gasteiger partial charge in [0.25, 0.3) is 0 Å². The fourth-order valence-corrected chi connectivity index (χ4v) is 5.30. The first kappa shape index (κ1) is 14.0. The van der Waals surface area contributed by atoms with Crippen molar-refractivity contribution in [3.05, 3.63) is 24.5 Å². The Hall–Kier alpha value is 0.0469. The highest BCUT2D eigenvalue weighted by Crippen LogP contribution is 2.38. The minimum atomic E-state index is -1.78. The van der Waals surface area contributed by atoms with Crippen LogP contribution in [0.2, 0.25) is 18.1 Å². The topological polar surface area (TPSA) is 35.1 Å². The molecule has 0 aromatic carbocycles. The lowest BCUT2D eigenvalue weighted by atomic mass is 10.2. The molecule has 0 amide bonds. The quantitative estimate of drug-likeness (QED) is 0.458. The normalized spacial score (nSPS) is 15.9. The maximum absolute atomic E-state index is 11.6. The fraction of sp³-hybridized carbons (Fsp3) is 0.600. The minimum Gasteiger partial charge on any atom is -0.664 e. The third kappa shape index (κ3) is 4.51. The van der Waals surface area contributed by atoms with E-state index < -0.39 is 16.5 Å². The summed E-state index contributed by atoms with van der Waals surface area (Å²) in [4.78, 5) is 11.6. The lowest BCUT2D eigenvalue weighted by Crippen LogP contribution is -2.50. The summed E-state index contributed by atoms with van der Waals surface area (Å²) >= 11 is 0. The average Bonchev–Trinajstić information content (AvgIpc) is 1.97. The zero-order valence-corrected chi connectivity index (χ0v) is 11.8. The van der Waals surface area contributed by atoms with Gasteiger partial charge in [-0.3, -0.25) is 0 Å². The summed E-state index contributed by atoms with van der Waals surface area (Å²) in [6.45, 7) is 14.5. The minimum absolute atomic E-state index is 0.218. The largest absolute Gasteiger partial charge is 0.664 e. The van der Waals surface area contributed by atoms with Gasteiger partial charge >= 0.3 is 0 Å². The third-order valence-electron chi connectivity index (χ3n) is 2.69. The van der Waals surface area contributed by atoms with Crippen molar-refractivity contribution in [1.29, 1.82) is 0 Å². The highest BCUT2D eigenvalue weighted by atomic mass is 31.2. The van der Waals surface area contributed by atoms with E-state index in [9.17, 15) is 4.89 Å². The van der Waals surface area contributed by atoms with Crippen LogP contribution in [0.1, 0.15) is 20.8 Å². The number of hydrogen-bond acceptors (Lipinski definition) is 2. The van der Waals surface area contributed by atoms with E-state index >= 15 is 0 Å². The second-order valence-electron chi connectivity index (χ2n) is 4.96. The van der Waals surface area contributed by atoms with Crippen LogP contribution in [0.15, 0.2) is 24.5 Å². The Bertz CT molecular complexity index is 221. The Kier molecular flexibility index (Phi) is 5.24. The molecule has 0 aliphatic carbocycles. The smallest absolute Gasteiger partial charge is 0.168 e. The maximum Gasteiger partial charge on any atom is 0.168 e. The highest BCUT2D eigenvalue weighted by molar-refractivity contribution is 7.53. The van der Waals surface area contributed by atoms with Crippen molar-refractivity contribution in [3.8, 4) is 0 Å². The molecule has 14 heavy (non-hydrogen) atoms. The molecule has 0 saturated heterocycles. The molecule has 0 aromatic heterocycles. The SMILES string of the molecule is C=C/C=C/[PH+]([O-])N[Si](C)(C)C(C)(C)C. The van der Waals surface area contributed by atoms with E-state index in [1.807, 2.05) is 0 Å². The Labute approximate surface area is 90.1 Å². The van der Waals surface area contributed by atoms with Crippen molar-refractivity contribution in [1.82, 2.24) is 4.75 Å². The zero-order valence-electron chi connectivity index (χ0n) is 9.85. The molecule has 0 heterocycles. The molecule has 0 radical (unpaired) electrons. The molecule has 4 heteroatoms. The first-order valence-electron chi connectivity index (χ1n) is 4.82. The summed E-state index contributed by atoms with van der Waals surface area (Å²) in [5, 5.41) is 0.218. The average molecular weight is 231 g/mol. The van der Waals surface area contributed by atoms with Gasteiger partial charge in [0.15, 0.2) is 8.24 Å². The molecule has 0 rings (SSSR count). The molecule has 1 N–H and O–H groups in total. The van der Waals surface area contributed by atoms with E-state index in [1.54, 1.807) is 18.0 Å². The summed E-state index contributed by atoms with van der Waals surface area (Å²) in [5.41, 5.74) is 0. The molecular weight excluding hydrogens is 209 g/mol. The van der Waals surface area contributed by atoms with Gasteiger partial charge in [0, 0.05) is 8.30 Å². The van der Waals surface area contributed by atoms with Crippen LogP contribution in [-0.4, -0.2) is 8.24 Å². The predicted octanol–water partition coefficient (Wildman–Crippen LogP) is 2.69. The Morgan fingerprint density at radius 1 is 1.36 bits per heavy atom. The third-order valence-corrected chi connectivity index (χ3v) is 10.4. The monoisotopic (exact) mass is 231 g/mol. The highest BCUT2D eigenvalue weighted by Gasteiger charge is 2.38. The van der Waals surface area contributed by atoms with E-state index in [4.69, 9.17) is 0 Å². The van der Waals surface area contributed by atoms with Gasteiger partial charge in [0.05, 0.1) is 5.82 Å².